The Balaban J connectivity index is 1.46. The summed E-state index contributed by atoms with van der Waals surface area (Å²) >= 11 is 0. The van der Waals surface area contributed by atoms with Gasteiger partial charge < -0.3 is 24.7 Å². The third-order valence-corrected chi connectivity index (χ3v) is 4.73. The van der Waals surface area contributed by atoms with E-state index in [1.807, 2.05) is 55.7 Å². The summed E-state index contributed by atoms with van der Waals surface area (Å²) in [5.74, 6) is 3.14. The van der Waals surface area contributed by atoms with Crippen LogP contribution in [-0.4, -0.2) is 35.3 Å². The molecule has 2 N–H and O–H groups in total. The fourth-order valence-corrected chi connectivity index (χ4v) is 3.25. The maximum Gasteiger partial charge on any atom is 0.196 e. The van der Waals surface area contributed by atoms with Crippen LogP contribution in [-0.2, 0) is 13.1 Å². The first-order chi connectivity index (χ1) is 14.8. The van der Waals surface area contributed by atoms with Crippen LogP contribution in [0.1, 0.15) is 24.7 Å². The average Bonchev–Trinajstić information content (AvgIpc) is 3.07. The predicted octanol–water partition coefficient (Wildman–Crippen LogP) is 3.67. The minimum Gasteiger partial charge on any atom is -0.490 e. The summed E-state index contributed by atoms with van der Waals surface area (Å²) in [4.78, 5) is 9.21. The van der Waals surface area contributed by atoms with E-state index in [1.54, 1.807) is 0 Å². The van der Waals surface area contributed by atoms with E-state index in [0.29, 0.717) is 25.7 Å². The molecule has 1 aliphatic heterocycles. The van der Waals surface area contributed by atoms with E-state index in [-0.39, 0.29) is 0 Å². The summed E-state index contributed by atoms with van der Waals surface area (Å²) in [5.41, 5.74) is 2.13. The van der Waals surface area contributed by atoms with Gasteiger partial charge in [-0.1, -0.05) is 30.3 Å². The van der Waals surface area contributed by atoms with Gasteiger partial charge in [-0.25, -0.2) is 9.98 Å². The standard InChI is InChI=1S/C23H27N5O2/c1-2-24-23(27-19-9-10-20-21(15-19)30-14-6-13-29-20)26-16-22-25-11-12-28(22)17-18-7-4-3-5-8-18/h3-5,7-12,15H,2,6,13-14,16-17H2,1H3,(H2,24,26,27). The summed E-state index contributed by atoms with van der Waals surface area (Å²) < 4.78 is 13.6. The number of aliphatic imine (C=N–C) groups is 1. The van der Waals surface area contributed by atoms with E-state index in [0.717, 1.165) is 42.5 Å². The van der Waals surface area contributed by atoms with Crippen LogP contribution in [0.25, 0.3) is 0 Å². The molecule has 156 valence electrons. The molecule has 7 nitrogen and oxygen atoms in total. The molecule has 0 spiro atoms. The topological polar surface area (TPSA) is 72.7 Å². The van der Waals surface area contributed by atoms with Crippen molar-refractivity contribution in [2.24, 2.45) is 4.99 Å². The highest BCUT2D eigenvalue weighted by molar-refractivity contribution is 5.93. The second-order valence-electron chi connectivity index (χ2n) is 6.99. The molecule has 0 fully saturated rings. The fraction of sp³-hybridized carbons (Fsp3) is 0.304. The normalized spacial score (nSPS) is 13.6. The third-order valence-electron chi connectivity index (χ3n) is 4.73. The molecule has 0 radical (unpaired) electrons. The molecule has 0 amide bonds. The van der Waals surface area contributed by atoms with Gasteiger partial charge in [0.05, 0.1) is 13.2 Å². The summed E-state index contributed by atoms with van der Waals surface area (Å²) in [5, 5.41) is 6.63. The van der Waals surface area contributed by atoms with Crippen LogP contribution in [0, 0.1) is 0 Å². The summed E-state index contributed by atoms with van der Waals surface area (Å²) in [6.07, 6.45) is 4.69. The Morgan fingerprint density at radius 1 is 1.10 bits per heavy atom. The molecule has 4 rings (SSSR count). The fourth-order valence-electron chi connectivity index (χ4n) is 3.25. The molecule has 1 aliphatic rings. The van der Waals surface area contributed by atoms with E-state index in [2.05, 4.69) is 32.3 Å². The summed E-state index contributed by atoms with van der Waals surface area (Å²) in [6.45, 7) is 5.39. The van der Waals surface area contributed by atoms with Crippen molar-refractivity contribution in [1.82, 2.24) is 14.9 Å². The third kappa shape index (κ3) is 5.11. The number of rotatable bonds is 6. The van der Waals surface area contributed by atoms with Crippen molar-refractivity contribution in [1.29, 1.82) is 0 Å². The minimum atomic E-state index is 0.472. The predicted molar refractivity (Wildman–Crippen MR) is 118 cm³/mol. The van der Waals surface area contributed by atoms with Gasteiger partial charge in [-0.15, -0.1) is 0 Å². The maximum absolute atomic E-state index is 5.78. The first kappa shape index (κ1) is 19.8. The van der Waals surface area contributed by atoms with Gasteiger partial charge in [0.25, 0.3) is 0 Å². The maximum atomic E-state index is 5.78. The van der Waals surface area contributed by atoms with E-state index in [1.165, 1.54) is 5.56 Å². The molecule has 7 heteroatoms. The summed E-state index contributed by atoms with van der Waals surface area (Å²) in [7, 11) is 0. The van der Waals surface area contributed by atoms with Gasteiger partial charge in [0.1, 0.15) is 12.4 Å². The van der Waals surface area contributed by atoms with Crippen LogP contribution in [0.3, 0.4) is 0 Å². The van der Waals surface area contributed by atoms with Gasteiger partial charge in [0.2, 0.25) is 0 Å². The van der Waals surface area contributed by atoms with E-state index >= 15 is 0 Å². The Labute approximate surface area is 176 Å². The number of hydrogen-bond acceptors (Lipinski definition) is 4. The molecular formula is C23H27N5O2. The van der Waals surface area contributed by atoms with Gasteiger partial charge in [-0.3, -0.25) is 0 Å². The lowest BCUT2D eigenvalue weighted by molar-refractivity contribution is 0.297. The zero-order valence-electron chi connectivity index (χ0n) is 17.2. The molecule has 2 heterocycles. The number of nitrogens with zero attached hydrogens (tertiary/aromatic N) is 3. The Morgan fingerprint density at radius 3 is 2.77 bits per heavy atom. The Morgan fingerprint density at radius 2 is 1.93 bits per heavy atom. The van der Waals surface area contributed by atoms with Crippen LogP contribution < -0.4 is 20.1 Å². The van der Waals surface area contributed by atoms with E-state index < -0.39 is 0 Å². The molecule has 0 saturated carbocycles. The number of hydrogen-bond donors (Lipinski definition) is 2. The molecule has 0 saturated heterocycles. The molecule has 3 aromatic rings. The Bertz CT molecular complexity index is 984. The van der Waals surface area contributed by atoms with Crippen molar-refractivity contribution in [3.8, 4) is 11.5 Å². The van der Waals surface area contributed by atoms with Crippen molar-refractivity contribution in [2.75, 3.05) is 25.1 Å². The van der Waals surface area contributed by atoms with Gasteiger partial charge >= 0.3 is 0 Å². The van der Waals surface area contributed by atoms with Crippen molar-refractivity contribution in [2.45, 2.75) is 26.4 Å². The van der Waals surface area contributed by atoms with Crippen molar-refractivity contribution in [3.05, 3.63) is 72.3 Å². The van der Waals surface area contributed by atoms with Crippen LogP contribution >= 0.6 is 0 Å². The monoisotopic (exact) mass is 405 g/mol. The lowest BCUT2D eigenvalue weighted by Crippen LogP contribution is -2.30. The molecule has 0 bridgehead atoms. The Kier molecular flexibility index (Phi) is 6.49. The van der Waals surface area contributed by atoms with Gasteiger partial charge in [0.15, 0.2) is 17.5 Å². The highest BCUT2D eigenvalue weighted by atomic mass is 16.5. The number of benzene rings is 2. The zero-order chi connectivity index (χ0) is 20.6. The minimum absolute atomic E-state index is 0.472. The Hall–Kier alpha value is -3.48. The quantitative estimate of drug-likeness (QED) is 0.484. The number of anilines is 1. The van der Waals surface area contributed by atoms with Crippen LogP contribution in [0.5, 0.6) is 11.5 Å². The van der Waals surface area contributed by atoms with Gasteiger partial charge in [-0.05, 0) is 24.6 Å². The average molecular weight is 406 g/mol. The number of nitrogens with one attached hydrogen (secondary N) is 2. The second kappa shape index (κ2) is 9.82. The summed E-state index contributed by atoms with van der Waals surface area (Å²) in [6, 6.07) is 16.2. The molecule has 0 unspecified atom stereocenters. The first-order valence-electron chi connectivity index (χ1n) is 10.3. The van der Waals surface area contributed by atoms with E-state index in [9.17, 15) is 0 Å². The molecule has 0 aliphatic carbocycles. The van der Waals surface area contributed by atoms with Crippen LogP contribution in [0.2, 0.25) is 0 Å². The molecule has 2 aromatic carbocycles. The molecular weight excluding hydrogens is 378 g/mol. The van der Waals surface area contributed by atoms with Crippen molar-refractivity contribution < 1.29 is 9.47 Å². The van der Waals surface area contributed by atoms with E-state index in [4.69, 9.17) is 14.5 Å². The van der Waals surface area contributed by atoms with Gasteiger partial charge in [-0.2, -0.15) is 0 Å². The van der Waals surface area contributed by atoms with Gasteiger partial charge in [0, 0.05) is 43.7 Å². The number of imidazole rings is 1. The molecule has 0 atom stereocenters. The SMILES string of the molecule is CCNC(=NCc1nccn1Cc1ccccc1)Nc1ccc2c(c1)OCCCO2. The first-order valence-corrected chi connectivity index (χ1v) is 10.3. The lowest BCUT2D eigenvalue weighted by atomic mass is 10.2. The van der Waals surface area contributed by atoms with Crippen molar-refractivity contribution in [3.63, 3.8) is 0 Å². The lowest BCUT2D eigenvalue weighted by Gasteiger charge is -2.14. The number of aromatic nitrogens is 2. The number of fused-ring (bicyclic) bond motifs is 1. The highest BCUT2D eigenvalue weighted by Crippen LogP contribution is 2.32. The number of guanidine groups is 1. The molecule has 30 heavy (non-hydrogen) atoms. The second-order valence-corrected chi connectivity index (χ2v) is 6.99. The zero-order valence-corrected chi connectivity index (χ0v) is 17.2. The molecule has 1 aromatic heterocycles. The largest absolute Gasteiger partial charge is 0.490 e. The smallest absolute Gasteiger partial charge is 0.196 e. The van der Waals surface area contributed by atoms with Crippen molar-refractivity contribution >= 4 is 11.6 Å². The van der Waals surface area contributed by atoms with Crippen LogP contribution in [0.4, 0.5) is 5.69 Å². The highest BCUT2D eigenvalue weighted by Gasteiger charge is 2.11. The number of ether oxygens (including phenoxy) is 2. The van der Waals surface area contributed by atoms with Crippen LogP contribution in [0.15, 0.2) is 65.9 Å².